The van der Waals surface area contributed by atoms with Gasteiger partial charge in [-0.1, -0.05) is 20.3 Å². The Hall–Kier alpha value is -1.36. The predicted octanol–water partition coefficient (Wildman–Crippen LogP) is 2.17. The Morgan fingerprint density at radius 1 is 1.45 bits per heavy atom. The highest BCUT2D eigenvalue weighted by Crippen LogP contribution is 2.30. The molecule has 0 spiro atoms. The molecule has 2 atom stereocenters. The van der Waals surface area contributed by atoms with Crippen LogP contribution in [0.5, 0.6) is 0 Å². The Kier molecular flexibility index (Phi) is 4.81. The van der Waals surface area contributed by atoms with Gasteiger partial charge in [-0.2, -0.15) is 0 Å². The number of amides is 1. The third-order valence-corrected chi connectivity index (χ3v) is 5.29. The quantitative estimate of drug-likeness (QED) is 0.847. The summed E-state index contributed by atoms with van der Waals surface area (Å²) >= 11 is 0. The lowest BCUT2D eigenvalue weighted by molar-refractivity contribution is -0.123. The molecular formula is C17H28N4O. The smallest absolute Gasteiger partial charge is 0.220 e. The molecule has 0 aromatic carbocycles. The van der Waals surface area contributed by atoms with Gasteiger partial charge < -0.3 is 10.3 Å². The van der Waals surface area contributed by atoms with E-state index < -0.39 is 0 Å². The summed E-state index contributed by atoms with van der Waals surface area (Å²) in [4.78, 5) is 21.9. The lowest BCUT2D eigenvalue weighted by Crippen LogP contribution is -2.42. The number of H-pyrrole nitrogens is 1. The summed E-state index contributed by atoms with van der Waals surface area (Å²) in [5.41, 5.74) is 1.14. The number of nitrogens with zero attached hydrogens (tertiary/aromatic N) is 2. The van der Waals surface area contributed by atoms with E-state index in [1.54, 1.807) is 6.33 Å². The number of carbonyl (C=O) groups is 1. The molecule has 22 heavy (non-hydrogen) atoms. The molecule has 1 aromatic rings. The van der Waals surface area contributed by atoms with Gasteiger partial charge in [-0.3, -0.25) is 9.69 Å². The first-order chi connectivity index (χ1) is 10.6. The van der Waals surface area contributed by atoms with Crippen molar-refractivity contribution < 1.29 is 4.79 Å². The molecule has 0 radical (unpaired) electrons. The van der Waals surface area contributed by atoms with Crippen molar-refractivity contribution in [2.45, 2.75) is 52.1 Å². The van der Waals surface area contributed by atoms with Gasteiger partial charge in [0.2, 0.25) is 5.91 Å². The maximum absolute atomic E-state index is 12.2. The van der Waals surface area contributed by atoms with Gasteiger partial charge in [0.1, 0.15) is 0 Å². The van der Waals surface area contributed by atoms with Gasteiger partial charge in [-0.25, -0.2) is 4.98 Å². The predicted molar refractivity (Wildman–Crippen MR) is 86.1 cm³/mol. The summed E-state index contributed by atoms with van der Waals surface area (Å²) < 4.78 is 0. The summed E-state index contributed by atoms with van der Waals surface area (Å²) in [5.74, 6) is 2.01. The van der Waals surface area contributed by atoms with E-state index in [4.69, 9.17) is 0 Å². The van der Waals surface area contributed by atoms with Crippen molar-refractivity contribution in [3.05, 3.63) is 18.2 Å². The molecule has 1 saturated heterocycles. The molecule has 2 N–H and O–H groups in total. The first kappa shape index (κ1) is 15.5. The highest BCUT2D eigenvalue weighted by molar-refractivity contribution is 5.76. The number of imidazole rings is 1. The number of aromatic nitrogens is 2. The molecule has 0 bridgehead atoms. The molecule has 0 unspecified atom stereocenters. The van der Waals surface area contributed by atoms with Crippen molar-refractivity contribution >= 4 is 5.91 Å². The molecule has 2 aliphatic rings. The van der Waals surface area contributed by atoms with Crippen molar-refractivity contribution in [3.8, 4) is 0 Å². The fourth-order valence-corrected chi connectivity index (χ4v) is 3.71. The van der Waals surface area contributed by atoms with Crippen LogP contribution in [0.15, 0.2) is 12.5 Å². The lowest BCUT2D eigenvalue weighted by Gasteiger charge is -2.27. The van der Waals surface area contributed by atoms with E-state index >= 15 is 0 Å². The average Bonchev–Trinajstić information content (AvgIpc) is 3.04. The van der Waals surface area contributed by atoms with Gasteiger partial charge in [-0.05, 0) is 30.6 Å². The van der Waals surface area contributed by atoms with Gasteiger partial charge in [0.25, 0.3) is 0 Å². The molecule has 122 valence electrons. The topological polar surface area (TPSA) is 61.0 Å². The van der Waals surface area contributed by atoms with Crippen molar-refractivity contribution in [1.82, 2.24) is 20.2 Å². The third kappa shape index (κ3) is 3.69. The maximum atomic E-state index is 12.2. The van der Waals surface area contributed by atoms with E-state index in [0.29, 0.717) is 17.8 Å². The Labute approximate surface area is 132 Å². The van der Waals surface area contributed by atoms with Gasteiger partial charge in [-0.15, -0.1) is 0 Å². The van der Waals surface area contributed by atoms with Crippen LogP contribution in [0.1, 0.15) is 45.2 Å². The highest BCUT2D eigenvalue weighted by atomic mass is 16.1. The van der Waals surface area contributed by atoms with Gasteiger partial charge in [0, 0.05) is 44.0 Å². The van der Waals surface area contributed by atoms with E-state index in [9.17, 15) is 4.79 Å². The minimum absolute atomic E-state index is 0.253. The molecule has 2 fully saturated rings. The van der Waals surface area contributed by atoms with E-state index in [2.05, 4.69) is 34.0 Å². The largest absolute Gasteiger partial charge is 0.352 e. The van der Waals surface area contributed by atoms with Crippen molar-refractivity contribution in [3.63, 3.8) is 0 Å². The number of rotatable bonds is 6. The highest BCUT2D eigenvalue weighted by Gasteiger charge is 2.36. The van der Waals surface area contributed by atoms with Crippen LogP contribution in [-0.4, -0.2) is 39.9 Å². The number of likely N-dealkylation sites (tertiary alicyclic amines) is 1. The van der Waals surface area contributed by atoms with Crippen LogP contribution in [0, 0.1) is 17.8 Å². The second kappa shape index (κ2) is 6.82. The molecule has 1 aliphatic heterocycles. The second-order valence-corrected chi connectivity index (χ2v) is 7.35. The Bertz CT molecular complexity index is 481. The van der Waals surface area contributed by atoms with Crippen LogP contribution < -0.4 is 5.32 Å². The number of carbonyl (C=O) groups excluding carboxylic acids is 1. The van der Waals surface area contributed by atoms with E-state index in [-0.39, 0.29) is 11.9 Å². The first-order valence-corrected chi connectivity index (χ1v) is 8.60. The van der Waals surface area contributed by atoms with Crippen molar-refractivity contribution in [2.75, 3.05) is 13.1 Å². The van der Waals surface area contributed by atoms with Crippen molar-refractivity contribution in [2.24, 2.45) is 17.8 Å². The maximum Gasteiger partial charge on any atom is 0.220 e. The molecular weight excluding hydrogens is 276 g/mol. The Morgan fingerprint density at radius 3 is 2.86 bits per heavy atom. The number of hydrogen-bond donors (Lipinski definition) is 2. The summed E-state index contributed by atoms with van der Waals surface area (Å²) in [6, 6.07) is 0.287. The number of aromatic amines is 1. The van der Waals surface area contributed by atoms with E-state index in [1.165, 1.54) is 19.3 Å². The van der Waals surface area contributed by atoms with Gasteiger partial charge in [0.15, 0.2) is 0 Å². The zero-order chi connectivity index (χ0) is 15.5. The lowest BCUT2D eigenvalue weighted by atomic mass is 9.82. The summed E-state index contributed by atoms with van der Waals surface area (Å²) in [7, 11) is 0. The van der Waals surface area contributed by atoms with Crippen LogP contribution in [0.2, 0.25) is 0 Å². The fraction of sp³-hybridized carbons (Fsp3) is 0.765. The average molecular weight is 304 g/mol. The van der Waals surface area contributed by atoms with Crippen LogP contribution in [-0.2, 0) is 11.3 Å². The number of nitrogens with one attached hydrogen (secondary N) is 2. The third-order valence-electron chi connectivity index (χ3n) is 5.29. The molecule has 5 heteroatoms. The summed E-state index contributed by atoms with van der Waals surface area (Å²) in [5, 5.41) is 3.31. The van der Waals surface area contributed by atoms with Crippen LogP contribution in [0.4, 0.5) is 0 Å². The molecule has 5 nitrogen and oxygen atoms in total. The first-order valence-electron chi connectivity index (χ1n) is 8.60. The van der Waals surface area contributed by atoms with Crippen LogP contribution in [0.3, 0.4) is 0 Å². The van der Waals surface area contributed by atoms with E-state index in [1.807, 2.05) is 6.20 Å². The van der Waals surface area contributed by atoms with Gasteiger partial charge in [0.05, 0.1) is 6.33 Å². The zero-order valence-electron chi connectivity index (χ0n) is 13.7. The minimum atomic E-state index is 0.253. The molecule has 1 saturated carbocycles. The molecule has 1 aliphatic carbocycles. The molecule has 2 heterocycles. The monoisotopic (exact) mass is 304 g/mol. The number of hydrogen-bond acceptors (Lipinski definition) is 3. The second-order valence-electron chi connectivity index (χ2n) is 7.35. The fourth-order valence-electron chi connectivity index (χ4n) is 3.71. The molecule has 1 amide bonds. The Morgan fingerprint density at radius 2 is 2.27 bits per heavy atom. The van der Waals surface area contributed by atoms with Crippen molar-refractivity contribution in [1.29, 1.82) is 0 Å². The standard InChI is InChI=1S/C17H28N4O/c1-12(2)15-9-21(8-14-7-18-11-19-14)10-16(15)20-17(22)6-13-4-3-5-13/h7,11-13,15-16H,3-6,8-10H2,1-2H3,(H,18,19)(H,20,22)/t15-,16+/m0/s1. The Balaban J connectivity index is 1.54. The van der Waals surface area contributed by atoms with Gasteiger partial charge >= 0.3 is 0 Å². The molecule has 3 rings (SSSR count). The summed E-state index contributed by atoms with van der Waals surface area (Å²) in [6.07, 6.45) is 8.10. The normalized spacial score (nSPS) is 26.3. The zero-order valence-corrected chi connectivity index (χ0v) is 13.7. The van der Waals surface area contributed by atoms with Crippen LogP contribution in [0.25, 0.3) is 0 Å². The molecule has 1 aromatic heterocycles. The SMILES string of the molecule is CC(C)[C@@H]1CN(Cc2cnc[nH]2)C[C@H]1NC(=O)CC1CCC1. The minimum Gasteiger partial charge on any atom is -0.352 e. The van der Waals surface area contributed by atoms with Crippen LogP contribution >= 0.6 is 0 Å². The van der Waals surface area contributed by atoms with E-state index in [0.717, 1.165) is 31.7 Å². The summed E-state index contributed by atoms with van der Waals surface area (Å²) in [6.45, 7) is 7.40.